The monoisotopic (exact) mass is 250 g/mol. The van der Waals surface area contributed by atoms with Crippen LogP contribution in [0.15, 0.2) is 0 Å². The van der Waals surface area contributed by atoms with E-state index in [1.54, 1.807) is 20.8 Å². The van der Waals surface area contributed by atoms with Gasteiger partial charge in [-0.25, -0.2) is 4.79 Å². The lowest BCUT2D eigenvalue weighted by Crippen LogP contribution is -2.38. The van der Waals surface area contributed by atoms with E-state index in [0.717, 1.165) is 0 Å². The van der Waals surface area contributed by atoms with Gasteiger partial charge < -0.3 is 24.4 Å². The Hall–Kier alpha value is -0.690. The fourth-order valence-corrected chi connectivity index (χ4v) is 1.27. The predicted molar refractivity (Wildman–Crippen MR) is 60.3 cm³/mol. The minimum atomic E-state index is -1.57. The molecule has 0 saturated carbocycles. The SMILES string of the molecule is CCOC(=O)[C@H](O)[C@H](O)CC(OCC)OCC. The number of aliphatic hydroxyl groups excluding tert-OH is 2. The lowest BCUT2D eigenvalue weighted by atomic mass is 10.1. The summed E-state index contributed by atoms with van der Waals surface area (Å²) in [6.45, 7) is 6.21. The Morgan fingerprint density at radius 3 is 2.00 bits per heavy atom. The third-order valence-corrected chi connectivity index (χ3v) is 2.03. The highest BCUT2D eigenvalue weighted by Crippen LogP contribution is 2.09. The molecule has 2 atom stereocenters. The summed E-state index contributed by atoms with van der Waals surface area (Å²) in [5.41, 5.74) is 0. The van der Waals surface area contributed by atoms with Crippen molar-refractivity contribution in [1.82, 2.24) is 0 Å². The molecular formula is C11H22O6. The molecule has 17 heavy (non-hydrogen) atoms. The van der Waals surface area contributed by atoms with E-state index in [2.05, 4.69) is 4.74 Å². The van der Waals surface area contributed by atoms with Gasteiger partial charge in [0, 0.05) is 19.6 Å². The van der Waals surface area contributed by atoms with Crippen LogP contribution in [-0.2, 0) is 19.0 Å². The van der Waals surface area contributed by atoms with Crippen LogP contribution < -0.4 is 0 Å². The zero-order valence-electron chi connectivity index (χ0n) is 10.6. The van der Waals surface area contributed by atoms with Gasteiger partial charge in [0.15, 0.2) is 12.4 Å². The van der Waals surface area contributed by atoms with Gasteiger partial charge in [-0.05, 0) is 20.8 Å². The van der Waals surface area contributed by atoms with Gasteiger partial charge in [-0.2, -0.15) is 0 Å². The number of carbonyl (C=O) groups is 1. The van der Waals surface area contributed by atoms with Crippen molar-refractivity contribution in [2.45, 2.75) is 45.7 Å². The Morgan fingerprint density at radius 1 is 1.06 bits per heavy atom. The average molecular weight is 250 g/mol. The van der Waals surface area contributed by atoms with Gasteiger partial charge in [0.25, 0.3) is 0 Å². The van der Waals surface area contributed by atoms with Crippen LogP contribution >= 0.6 is 0 Å². The molecule has 6 heteroatoms. The number of rotatable bonds is 9. The zero-order valence-corrected chi connectivity index (χ0v) is 10.6. The van der Waals surface area contributed by atoms with Crippen molar-refractivity contribution in [2.75, 3.05) is 19.8 Å². The molecule has 6 nitrogen and oxygen atoms in total. The van der Waals surface area contributed by atoms with Gasteiger partial charge in [0.1, 0.15) is 0 Å². The summed E-state index contributed by atoms with van der Waals surface area (Å²) in [6.07, 6.45) is -3.46. The van der Waals surface area contributed by atoms with Gasteiger partial charge in [0.05, 0.1) is 12.7 Å². The number of aliphatic hydroxyl groups is 2. The van der Waals surface area contributed by atoms with E-state index in [9.17, 15) is 15.0 Å². The molecular weight excluding hydrogens is 228 g/mol. The Labute approximate surface area is 101 Å². The second kappa shape index (κ2) is 9.35. The largest absolute Gasteiger partial charge is 0.464 e. The van der Waals surface area contributed by atoms with Crippen molar-refractivity contribution in [3.63, 3.8) is 0 Å². The van der Waals surface area contributed by atoms with Crippen molar-refractivity contribution in [2.24, 2.45) is 0 Å². The molecule has 0 aliphatic carbocycles. The standard InChI is InChI=1S/C11H22O6/c1-4-15-9(16-5-2)7-8(12)10(13)11(14)17-6-3/h8-10,12-13H,4-7H2,1-3H3/t8-,10-/m1/s1. The Kier molecular flexibility index (Phi) is 8.97. The summed E-state index contributed by atoms with van der Waals surface area (Å²) in [6, 6.07) is 0. The summed E-state index contributed by atoms with van der Waals surface area (Å²) < 4.78 is 15.0. The topological polar surface area (TPSA) is 85.2 Å². The summed E-state index contributed by atoms with van der Waals surface area (Å²) in [5, 5.41) is 19.1. The maximum absolute atomic E-state index is 11.2. The van der Waals surface area contributed by atoms with Crippen LogP contribution in [0.25, 0.3) is 0 Å². The molecule has 0 rings (SSSR count). The normalized spacial score (nSPS) is 14.7. The van der Waals surface area contributed by atoms with Gasteiger partial charge in [0.2, 0.25) is 0 Å². The Bertz CT molecular complexity index is 202. The molecule has 0 amide bonds. The van der Waals surface area contributed by atoms with Crippen LogP contribution in [0.5, 0.6) is 0 Å². The number of carbonyl (C=O) groups excluding carboxylic acids is 1. The summed E-state index contributed by atoms with van der Waals surface area (Å²) in [5.74, 6) is -0.841. The van der Waals surface area contributed by atoms with E-state index < -0.39 is 24.5 Å². The van der Waals surface area contributed by atoms with E-state index in [1.807, 2.05) is 0 Å². The first-order valence-corrected chi connectivity index (χ1v) is 5.82. The lowest BCUT2D eigenvalue weighted by molar-refractivity contribution is -0.175. The average Bonchev–Trinajstić information content (AvgIpc) is 2.29. The van der Waals surface area contributed by atoms with Crippen molar-refractivity contribution in [1.29, 1.82) is 0 Å². The van der Waals surface area contributed by atoms with Crippen LogP contribution in [0.3, 0.4) is 0 Å². The van der Waals surface area contributed by atoms with E-state index in [-0.39, 0.29) is 13.0 Å². The molecule has 102 valence electrons. The van der Waals surface area contributed by atoms with Crippen molar-refractivity contribution in [3.8, 4) is 0 Å². The molecule has 0 aromatic carbocycles. The highest BCUT2D eigenvalue weighted by molar-refractivity contribution is 5.75. The lowest BCUT2D eigenvalue weighted by Gasteiger charge is -2.22. The van der Waals surface area contributed by atoms with E-state index >= 15 is 0 Å². The van der Waals surface area contributed by atoms with Crippen LogP contribution in [-0.4, -0.2) is 54.5 Å². The molecule has 2 N–H and O–H groups in total. The molecule has 0 fully saturated rings. The second-order valence-electron chi connectivity index (χ2n) is 3.34. The number of hydrogen-bond donors (Lipinski definition) is 2. The molecule has 0 aromatic rings. The van der Waals surface area contributed by atoms with Crippen LogP contribution in [0.2, 0.25) is 0 Å². The van der Waals surface area contributed by atoms with Gasteiger partial charge in [-0.15, -0.1) is 0 Å². The summed E-state index contributed by atoms with van der Waals surface area (Å²) in [7, 11) is 0. The first-order valence-electron chi connectivity index (χ1n) is 5.82. The van der Waals surface area contributed by atoms with Gasteiger partial charge in [-0.1, -0.05) is 0 Å². The minimum absolute atomic E-state index is 0.0155. The summed E-state index contributed by atoms with van der Waals surface area (Å²) in [4.78, 5) is 11.2. The molecule has 0 aliphatic rings. The fourth-order valence-electron chi connectivity index (χ4n) is 1.27. The minimum Gasteiger partial charge on any atom is -0.464 e. The zero-order chi connectivity index (χ0) is 13.3. The number of esters is 1. The molecule has 0 heterocycles. The van der Waals surface area contributed by atoms with E-state index in [1.165, 1.54) is 0 Å². The first kappa shape index (κ1) is 16.3. The summed E-state index contributed by atoms with van der Waals surface area (Å²) >= 11 is 0. The van der Waals surface area contributed by atoms with Crippen molar-refractivity contribution >= 4 is 5.97 Å². The molecule has 0 bridgehead atoms. The van der Waals surface area contributed by atoms with Crippen molar-refractivity contribution in [3.05, 3.63) is 0 Å². The quantitative estimate of drug-likeness (QED) is 0.444. The Balaban J connectivity index is 4.18. The fraction of sp³-hybridized carbons (Fsp3) is 0.909. The van der Waals surface area contributed by atoms with Crippen LogP contribution in [0, 0.1) is 0 Å². The van der Waals surface area contributed by atoms with E-state index in [0.29, 0.717) is 13.2 Å². The van der Waals surface area contributed by atoms with Crippen LogP contribution in [0.1, 0.15) is 27.2 Å². The van der Waals surface area contributed by atoms with E-state index in [4.69, 9.17) is 9.47 Å². The highest BCUT2D eigenvalue weighted by Gasteiger charge is 2.28. The third kappa shape index (κ3) is 6.58. The maximum Gasteiger partial charge on any atom is 0.337 e. The highest BCUT2D eigenvalue weighted by atomic mass is 16.7. The van der Waals surface area contributed by atoms with Crippen LogP contribution in [0.4, 0.5) is 0 Å². The van der Waals surface area contributed by atoms with Gasteiger partial charge >= 0.3 is 5.97 Å². The second-order valence-corrected chi connectivity index (χ2v) is 3.34. The number of hydrogen-bond acceptors (Lipinski definition) is 6. The van der Waals surface area contributed by atoms with Gasteiger partial charge in [-0.3, -0.25) is 0 Å². The predicted octanol–water partition coefficient (Wildman–Crippen LogP) is 0.0605. The molecule has 0 aliphatic heterocycles. The molecule has 0 unspecified atom stereocenters. The molecule has 0 saturated heterocycles. The Morgan fingerprint density at radius 2 is 1.59 bits per heavy atom. The maximum atomic E-state index is 11.2. The third-order valence-electron chi connectivity index (χ3n) is 2.03. The van der Waals surface area contributed by atoms with Crippen molar-refractivity contribution < 1.29 is 29.2 Å². The smallest absolute Gasteiger partial charge is 0.337 e. The molecule has 0 radical (unpaired) electrons. The first-order chi connectivity index (χ1) is 8.06. The number of ether oxygens (including phenoxy) is 3. The molecule has 0 aromatic heterocycles. The molecule has 0 spiro atoms.